The third-order valence-corrected chi connectivity index (χ3v) is 3.46. The Labute approximate surface area is 115 Å². The fourth-order valence-corrected chi connectivity index (χ4v) is 2.41. The molecular formula is C14H13ClN2O2. The van der Waals surface area contributed by atoms with Crippen molar-refractivity contribution in [2.45, 2.75) is 12.8 Å². The third kappa shape index (κ3) is 2.49. The number of nitrogens with zero attached hydrogens (tertiary/aromatic N) is 2. The van der Waals surface area contributed by atoms with Crippen LogP contribution in [0, 0.1) is 0 Å². The number of halogens is 1. The highest BCUT2D eigenvalue weighted by atomic mass is 35.5. The number of ether oxygens (including phenoxy) is 1. The Balaban J connectivity index is 1.90. The minimum absolute atomic E-state index is 0.292. The van der Waals surface area contributed by atoms with Crippen LogP contribution >= 0.6 is 11.6 Å². The zero-order valence-electron chi connectivity index (χ0n) is 10.3. The van der Waals surface area contributed by atoms with E-state index in [4.69, 9.17) is 16.3 Å². The topological polar surface area (TPSA) is 42.4 Å². The van der Waals surface area contributed by atoms with Gasteiger partial charge in [-0.05, 0) is 37.1 Å². The first-order valence-electron chi connectivity index (χ1n) is 6.25. The molecule has 0 N–H and O–H groups in total. The van der Waals surface area contributed by atoms with Gasteiger partial charge in [-0.25, -0.2) is 4.79 Å². The third-order valence-electron chi connectivity index (χ3n) is 3.23. The zero-order valence-corrected chi connectivity index (χ0v) is 11.1. The maximum Gasteiger partial charge on any atom is 0.415 e. The molecule has 19 heavy (non-hydrogen) atoms. The van der Waals surface area contributed by atoms with Gasteiger partial charge in [-0.2, -0.15) is 0 Å². The van der Waals surface area contributed by atoms with E-state index in [2.05, 4.69) is 4.98 Å². The Hall–Kier alpha value is -1.81. The molecule has 3 rings (SSSR count). The van der Waals surface area contributed by atoms with E-state index in [0.29, 0.717) is 10.8 Å². The molecular weight excluding hydrogens is 264 g/mol. The number of rotatable bonds is 1. The van der Waals surface area contributed by atoms with Crippen molar-refractivity contribution < 1.29 is 9.53 Å². The number of benzene rings is 1. The smallest absolute Gasteiger partial charge is 0.409 e. The summed E-state index contributed by atoms with van der Waals surface area (Å²) in [5.41, 5.74) is 0.722. The van der Waals surface area contributed by atoms with Crippen LogP contribution in [0.3, 0.4) is 0 Å². The highest BCUT2D eigenvalue weighted by Crippen LogP contribution is 2.27. The predicted octanol–water partition coefficient (Wildman–Crippen LogP) is 3.48. The van der Waals surface area contributed by atoms with Crippen molar-refractivity contribution in [3.05, 3.63) is 35.5 Å². The van der Waals surface area contributed by atoms with Crippen molar-refractivity contribution in [1.82, 2.24) is 9.88 Å². The molecule has 1 amide bonds. The van der Waals surface area contributed by atoms with E-state index in [1.54, 1.807) is 29.3 Å². The first-order chi connectivity index (χ1) is 9.24. The highest BCUT2D eigenvalue weighted by Gasteiger charge is 2.20. The number of likely N-dealkylation sites (tertiary alicyclic amines) is 1. The summed E-state index contributed by atoms with van der Waals surface area (Å²) in [6.45, 7) is 1.54. The van der Waals surface area contributed by atoms with Gasteiger partial charge in [-0.15, -0.1) is 0 Å². The second kappa shape index (κ2) is 5.05. The monoisotopic (exact) mass is 276 g/mol. The van der Waals surface area contributed by atoms with E-state index in [-0.39, 0.29) is 6.09 Å². The second-order valence-corrected chi connectivity index (χ2v) is 4.97. The molecule has 0 spiro atoms. The van der Waals surface area contributed by atoms with Crippen molar-refractivity contribution >= 4 is 28.6 Å². The Morgan fingerprint density at radius 1 is 1.26 bits per heavy atom. The largest absolute Gasteiger partial charge is 0.415 e. The molecule has 1 fully saturated rings. The molecule has 1 aromatic carbocycles. The number of aromatic nitrogens is 1. The zero-order chi connectivity index (χ0) is 13.2. The molecule has 0 bridgehead atoms. The van der Waals surface area contributed by atoms with Crippen LogP contribution in [0.2, 0.25) is 5.02 Å². The standard InChI is InChI=1S/C14H13ClN2O2/c15-10-3-4-11-12(9-10)16-6-5-13(11)19-14(18)17-7-1-2-8-17/h3-6,9H,1-2,7-8H2. The number of amides is 1. The molecule has 2 heterocycles. The summed E-state index contributed by atoms with van der Waals surface area (Å²) >= 11 is 5.92. The van der Waals surface area contributed by atoms with Crippen LogP contribution in [0.5, 0.6) is 5.75 Å². The summed E-state index contributed by atoms with van der Waals surface area (Å²) in [6.07, 6.45) is 3.41. The van der Waals surface area contributed by atoms with Crippen LogP contribution in [0.4, 0.5) is 4.79 Å². The fourth-order valence-electron chi connectivity index (χ4n) is 2.24. The number of carbonyl (C=O) groups excluding carboxylic acids is 1. The predicted molar refractivity (Wildman–Crippen MR) is 73.6 cm³/mol. The number of carbonyl (C=O) groups is 1. The number of hydrogen-bond donors (Lipinski definition) is 0. The Morgan fingerprint density at radius 2 is 2.05 bits per heavy atom. The lowest BCUT2D eigenvalue weighted by atomic mass is 10.2. The van der Waals surface area contributed by atoms with Crippen molar-refractivity contribution in [3.8, 4) is 5.75 Å². The molecule has 0 aliphatic carbocycles. The maximum atomic E-state index is 12.0. The minimum Gasteiger partial charge on any atom is -0.409 e. The lowest BCUT2D eigenvalue weighted by molar-refractivity contribution is 0.163. The fraction of sp³-hybridized carbons (Fsp3) is 0.286. The molecule has 5 heteroatoms. The average molecular weight is 277 g/mol. The van der Waals surface area contributed by atoms with E-state index in [1.165, 1.54) is 0 Å². The summed E-state index contributed by atoms with van der Waals surface area (Å²) in [7, 11) is 0. The van der Waals surface area contributed by atoms with Gasteiger partial charge in [0.25, 0.3) is 0 Å². The van der Waals surface area contributed by atoms with Gasteiger partial charge in [0, 0.05) is 29.7 Å². The normalized spacial score (nSPS) is 14.9. The van der Waals surface area contributed by atoms with E-state index in [0.717, 1.165) is 36.8 Å². The van der Waals surface area contributed by atoms with Gasteiger partial charge in [0.05, 0.1) is 5.52 Å². The van der Waals surface area contributed by atoms with Gasteiger partial charge in [-0.1, -0.05) is 11.6 Å². The molecule has 4 nitrogen and oxygen atoms in total. The number of hydrogen-bond acceptors (Lipinski definition) is 3. The Bertz CT molecular complexity index is 624. The molecule has 1 aromatic heterocycles. The van der Waals surface area contributed by atoms with Crippen molar-refractivity contribution in [3.63, 3.8) is 0 Å². The van der Waals surface area contributed by atoms with Gasteiger partial charge >= 0.3 is 6.09 Å². The molecule has 98 valence electrons. The second-order valence-electron chi connectivity index (χ2n) is 4.53. The van der Waals surface area contributed by atoms with Crippen LogP contribution in [0.25, 0.3) is 10.9 Å². The lowest BCUT2D eigenvalue weighted by Crippen LogP contribution is -2.30. The first kappa shape index (κ1) is 12.2. The van der Waals surface area contributed by atoms with Gasteiger partial charge in [0.1, 0.15) is 5.75 Å². The van der Waals surface area contributed by atoms with Crippen LogP contribution < -0.4 is 4.74 Å². The molecule has 0 radical (unpaired) electrons. The van der Waals surface area contributed by atoms with Gasteiger partial charge in [-0.3, -0.25) is 4.98 Å². The van der Waals surface area contributed by atoms with Gasteiger partial charge < -0.3 is 9.64 Å². The van der Waals surface area contributed by atoms with Gasteiger partial charge in [0.2, 0.25) is 0 Å². The van der Waals surface area contributed by atoms with E-state index in [9.17, 15) is 4.79 Å². The highest BCUT2D eigenvalue weighted by molar-refractivity contribution is 6.31. The minimum atomic E-state index is -0.292. The summed E-state index contributed by atoms with van der Waals surface area (Å²) in [6, 6.07) is 7.03. The molecule has 0 saturated carbocycles. The summed E-state index contributed by atoms with van der Waals surface area (Å²) in [5.74, 6) is 0.526. The first-order valence-corrected chi connectivity index (χ1v) is 6.63. The van der Waals surface area contributed by atoms with Gasteiger partial charge in [0.15, 0.2) is 0 Å². The van der Waals surface area contributed by atoms with E-state index in [1.807, 2.05) is 6.07 Å². The molecule has 0 atom stereocenters. The molecule has 1 aliphatic heterocycles. The van der Waals surface area contributed by atoms with Crippen LogP contribution in [-0.4, -0.2) is 29.1 Å². The number of fused-ring (bicyclic) bond motifs is 1. The molecule has 1 aliphatic rings. The van der Waals surface area contributed by atoms with Crippen molar-refractivity contribution in [2.24, 2.45) is 0 Å². The van der Waals surface area contributed by atoms with E-state index < -0.39 is 0 Å². The SMILES string of the molecule is O=C(Oc1ccnc2cc(Cl)ccc12)N1CCCC1. The summed E-state index contributed by atoms with van der Waals surface area (Å²) in [5, 5.41) is 1.41. The average Bonchev–Trinajstić information content (AvgIpc) is 2.92. The van der Waals surface area contributed by atoms with Crippen LogP contribution in [0.1, 0.15) is 12.8 Å². The van der Waals surface area contributed by atoms with Crippen molar-refractivity contribution in [2.75, 3.05) is 13.1 Å². The van der Waals surface area contributed by atoms with Crippen LogP contribution in [0.15, 0.2) is 30.5 Å². The molecule has 0 unspecified atom stereocenters. The van der Waals surface area contributed by atoms with E-state index >= 15 is 0 Å². The Kier molecular flexibility index (Phi) is 3.25. The maximum absolute atomic E-state index is 12.0. The summed E-state index contributed by atoms with van der Waals surface area (Å²) in [4.78, 5) is 17.9. The quantitative estimate of drug-likeness (QED) is 0.801. The Morgan fingerprint density at radius 3 is 2.84 bits per heavy atom. The summed E-state index contributed by atoms with van der Waals surface area (Å²) < 4.78 is 5.46. The lowest BCUT2D eigenvalue weighted by Gasteiger charge is -2.15. The van der Waals surface area contributed by atoms with Crippen LogP contribution in [-0.2, 0) is 0 Å². The van der Waals surface area contributed by atoms with Crippen molar-refractivity contribution in [1.29, 1.82) is 0 Å². The molecule has 1 saturated heterocycles. The molecule has 2 aromatic rings. The number of pyridine rings is 1.